The number of hydrogen-bond acceptors (Lipinski definition) is 6. The number of aryl methyl sites for hydroxylation is 1. The summed E-state index contributed by atoms with van der Waals surface area (Å²) in [5.41, 5.74) is 1.50. The van der Waals surface area contributed by atoms with Crippen molar-refractivity contribution < 1.29 is 32.9 Å². The van der Waals surface area contributed by atoms with Crippen LogP contribution in [0.1, 0.15) is 31.8 Å². The maximum absolute atomic E-state index is 13.8. The SMILES string of the molecule is Cc1cc(OC(=O)c2ccccc2F)cc2c1C(=O)/C(=C/c1ccc3c(c1)OCO3)O2. The number of carbonyl (C=O) groups is 2. The Morgan fingerprint density at radius 1 is 1.03 bits per heavy atom. The Morgan fingerprint density at radius 3 is 2.68 bits per heavy atom. The van der Waals surface area contributed by atoms with Gasteiger partial charge < -0.3 is 18.9 Å². The molecule has 0 amide bonds. The zero-order valence-electron chi connectivity index (χ0n) is 16.3. The number of hydrogen-bond donors (Lipinski definition) is 0. The highest BCUT2D eigenvalue weighted by atomic mass is 19.1. The second kappa shape index (κ2) is 7.28. The number of esters is 1. The lowest BCUT2D eigenvalue weighted by Gasteiger charge is -2.08. The number of benzene rings is 3. The van der Waals surface area contributed by atoms with Crippen LogP contribution >= 0.6 is 0 Å². The molecule has 3 aromatic rings. The summed E-state index contributed by atoms with van der Waals surface area (Å²) in [6.45, 7) is 1.87. The molecule has 0 saturated carbocycles. The monoisotopic (exact) mass is 418 g/mol. The molecule has 0 fully saturated rings. The van der Waals surface area contributed by atoms with Gasteiger partial charge >= 0.3 is 5.97 Å². The van der Waals surface area contributed by atoms with Gasteiger partial charge in [0.15, 0.2) is 17.3 Å². The van der Waals surface area contributed by atoms with Crippen molar-refractivity contribution >= 4 is 17.8 Å². The van der Waals surface area contributed by atoms with Crippen LogP contribution in [0.4, 0.5) is 4.39 Å². The molecule has 3 aromatic carbocycles. The Bertz CT molecular complexity index is 1280. The highest BCUT2D eigenvalue weighted by Gasteiger charge is 2.30. The van der Waals surface area contributed by atoms with E-state index in [0.29, 0.717) is 28.2 Å². The summed E-state index contributed by atoms with van der Waals surface area (Å²) >= 11 is 0. The third-order valence-electron chi connectivity index (χ3n) is 4.94. The Morgan fingerprint density at radius 2 is 1.84 bits per heavy atom. The Labute approximate surface area is 176 Å². The van der Waals surface area contributed by atoms with Crippen molar-refractivity contribution in [3.63, 3.8) is 0 Å². The lowest BCUT2D eigenvalue weighted by molar-refractivity contribution is 0.0729. The highest BCUT2D eigenvalue weighted by Crippen LogP contribution is 2.39. The van der Waals surface area contributed by atoms with Gasteiger partial charge in [-0.2, -0.15) is 0 Å². The van der Waals surface area contributed by atoms with Crippen molar-refractivity contribution in [3.8, 4) is 23.0 Å². The van der Waals surface area contributed by atoms with Crippen LogP contribution < -0.4 is 18.9 Å². The summed E-state index contributed by atoms with van der Waals surface area (Å²) in [4.78, 5) is 25.2. The fraction of sp³-hybridized carbons (Fsp3) is 0.0833. The predicted octanol–water partition coefficient (Wildman–Crippen LogP) is 4.70. The Hall–Kier alpha value is -4.13. The van der Waals surface area contributed by atoms with Gasteiger partial charge in [0.05, 0.1) is 11.1 Å². The van der Waals surface area contributed by atoms with Crippen molar-refractivity contribution in [1.29, 1.82) is 0 Å². The van der Waals surface area contributed by atoms with Gasteiger partial charge in [-0.25, -0.2) is 9.18 Å². The summed E-state index contributed by atoms with van der Waals surface area (Å²) < 4.78 is 35.5. The first-order chi connectivity index (χ1) is 15.0. The molecular weight excluding hydrogens is 403 g/mol. The van der Waals surface area contributed by atoms with Crippen LogP contribution in [0, 0.1) is 12.7 Å². The normalized spacial score (nSPS) is 15.0. The number of ether oxygens (including phenoxy) is 4. The Balaban J connectivity index is 1.42. The molecule has 0 radical (unpaired) electrons. The molecule has 2 heterocycles. The molecule has 7 heteroatoms. The van der Waals surface area contributed by atoms with Gasteiger partial charge in [0, 0.05) is 6.07 Å². The highest BCUT2D eigenvalue weighted by molar-refractivity contribution is 6.15. The minimum atomic E-state index is -0.835. The third kappa shape index (κ3) is 3.40. The van der Waals surface area contributed by atoms with E-state index in [-0.39, 0.29) is 35.4 Å². The van der Waals surface area contributed by atoms with E-state index in [1.54, 1.807) is 43.3 Å². The standard InChI is InChI=1S/C24H15FO6/c1-13-8-15(30-24(27)16-4-2-3-5-17(16)25)11-20-22(13)23(26)21(31-20)10-14-6-7-18-19(9-14)29-12-28-18/h2-11H,12H2,1H3/b21-10-. The molecular formula is C24H15FO6. The van der Waals surface area contributed by atoms with Crippen molar-refractivity contribution in [2.45, 2.75) is 6.92 Å². The number of ketones is 1. The number of halogens is 1. The van der Waals surface area contributed by atoms with Crippen LogP contribution in [0.25, 0.3) is 6.08 Å². The van der Waals surface area contributed by atoms with Gasteiger partial charge in [-0.1, -0.05) is 18.2 Å². The molecule has 6 nitrogen and oxygen atoms in total. The molecule has 0 N–H and O–H groups in total. The van der Waals surface area contributed by atoms with Gasteiger partial charge in [-0.15, -0.1) is 0 Å². The number of rotatable bonds is 3. The first-order valence-corrected chi connectivity index (χ1v) is 9.45. The first-order valence-electron chi connectivity index (χ1n) is 9.45. The van der Waals surface area contributed by atoms with Crippen LogP contribution in [0.5, 0.6) is 23.0 Å². The van der Waals surface area contributed by atoms with E-state index in [1.807, 2.05) is 0 Å². The molecule has 5 rings (SSSR count). The summed E-state index contributed by atoms with van der Waals surface area (Å²) in [5, 5.41) is 0. The zero-order chi connectivity index (χ0) is 21.5. The van der Waals surface area contributed by atoms with Crippen molar-refractivity contribution in [2.24, 2.45) is 0 Å². The van der Waals surface area contributed by atoms with Crippen LogP contribution in [0.3, 0.4) is 0 Å². The molecule has 0 aromatic heterocycles. The fourth-order valence-corrected chi connectivity index (χ4v) is 3.48. The molecule has 0 unspecified atom stereocenters. The van der Waals surface area contributed by atoms with Gasteiger partial charge in [0.25, 0.3) is 0 Å². The molecule has 2 aliphatic heterocycles. The van der Waals surface area contributed by atoms with Crippen molar-refractivity contribution in [3.05, 3.63) is 88.4 Å². The summed E-state index contributed by atoms with van der Waals surface area (Å²) in [5.74, 6) is 0.00222. The van der Waals surface area contributed by atoms with Gasteiger partial charge in [0.1, 0.15) is 17.3 Å². The average Bonchev–Trinajstić information content (AvgIpc) is 3.32. The lowest BCUT2D eigenvalue weighted by Crippen LogP contribution is -2.10. The van der Waals surface area contributed by atoms with E-state index in [9.17, 15) is 14.0 Å². The van der Waals surface area contributed by atoms with Crippen LogP contribution in [0.15, 0.2) is 60.4 Å². The maximum atomic E-state index is 13.8. The van der Waals surface area contributed by atoms with Crippen molar-refractivity contribution in [2.75, 3.05) is 6.79 Å². The molecule has 0 bridgehead atoms. The molecule has 0 saturated heterocycles. The first kappa shape index (κ1) is 18.9. The second-order valence-corrected chi connectivity index (χ2v) is 7.04. The topological polar surface area (TPSA) is 71.1 Å². The third-order valence-corrected chi connectivity index (χ3v) is 4.94. The predicted molar refractivity (Wildman–Crippen MR) is 108 cm³/mol. The quantitative estimate of drug-likeness (QED) is 0.349. The molecule has 154 valence electrons. The van der Waals surface area contributed by atoms with E-state index < -0.39 is 11.8 Å². The molecule has 0 aliphatic carbocycles. The maximum Gasteiger partial charge on any atom is 0.346 e. The zero-order valence-corrected chi connectivity index (χ0v) is 16.3. The molecule has 0 atom stereocenters. The Kier molecular flexibility index (Phi) is 4.43. The number of carbonyl (C=O) groups excluding carboxylic acids is 2. The van der Waals surface area contributed by atoms with E-state index in [2.05, 4.69) is 0 Å². The number of allylic oxidation sites excluding steroid dienone is 1. The summed E-state index contributed by atoms with van der Waals surface area (Å²) in [6.07, 6.45) is 1.61. The van der Waals surface area contributed by atoms with Crippen molar-refractivity contribution in [1.82, 2.24) is 0 Å². The largest absolute Gasteiger partial charge is 0.454 e. The van der Waals surface area contributed by atoms with Gasteiger partial charge in [0.2, 0.25) is 12.6 Å². The minimum absolute atomic E-state index is 0.134. The van der Waals surface area contributed by atoms with Crippen LogP contribution in [-0.2, 0) is 0 Å². The number of fused-ring (bicyclic) bond motifs is 2. The lowest BCUT2D eigenvalue weighted by atomic mass is 10.0. The van der Waals surface area contributed by atoms with E-state index in [1.165, 1.54) is 24.3 Å². The molecule has 2 aliphatic rings. The fourth-order valence-electron chi connectivity index (χ4n) is 3.48. The van der Waals surface area contributed by atoms with Gasteiger partial charge in [-0.05, 0) is 54.5 Å². The molecule has 0 spiro atoms. The van der Waals surface area contributed by atoms with Crippen LogP contribution in [-0.4, -0.2) is 18.5 Å². The number of Topliss-reactive ketones (excluding diaryl/α,β-unsaturated/α-hetero) is 1. The smallest absolute Gasteiger partial charge is 0.346 e. The van der Waals surface area contributed by atoms with Crippen LogP contribution in [0.2, 0.25) is 0 Å². The molecule has 31 heavy (non-hydrogen) atoms. The van der Waals surface area contributed by atoms with E-state index >= 15 is 0 Å². The average molecular weight is 418 g/mol. The summed E-state index contributed by atoms with van der Waals surface area (Å²) in [6, 6.07) is 13.8. The van der Waals surface area contributed by atoms with E-state index in [0.717, 1.165) is 0 Å². The summed E-state index contributed by atoms with van der Waals surface area (Å²) in [7, 11) is 0. The van der Waals surface area contributed by atoms with E-state index in [4.69, 9.17) is 18.9 Å². The van der Waals surface area contributed by atoms with Gasteiger partial charge in [-0.3, -0.25) is 4.79 Å². The second-order valence-electron chi connectivity index (χ2n) is 7.04. The minimum Gasteiger partial charge on any atom is -0.454 e.